The number of ether oxygens (including phenoxy) is 1. The fourth-order valence-corrected chi connectivity index (χ4v) is 2.31. The summed E-state index contributed by atoms with van der Waals surface area (Å²) in [6.45, 7) is 4.45. The fraction of sp³-hybridized carbons (Fsp3) is 0.400. The Hall–Kier alpha value is -1.33. The van der Waals surface area contributed by atoms with Gasteiger partial charge in [-0.2, -0.15) is 0 Å². The maximum Gasteiger partial charge on any atom is 0.146 e. The molecule has 4 nitrogen and oxygen atoms in total. The van der Waals surface area contributed by atoms with Gasteiger partial charge in [-0.15, -0.1) is 0 Å². The molecule has 0 spiro atoms. The van der Waals surface area contributed by atoms with Gasteiger partial charge >= 0.3 is 0 Å². The molecule has 0 bridgehead atoms. The van der Waals surface area contributed by atoms with Crippen molar-refractivity contribution in [2.24, 2.45) is 7.05 Å². The summed E-state index contributed by atoms with van der Waals surface area (Å²) in [5.74, 6) is 1.82. The van der Waals surface area contributed by atoms with Crippen LogP contribution < -0.4 is 10.1 Å². The molecule has 0 aliphatic heterocycles. The highest BCUT2D eigenvalue weighted by molar-refractivity contribution is 9.10. The monoisotopic (exact) mass is 337 g/mol. The number of hydrogen-bond acceptors (Lipinski definition) is 3. The van der Waals surface area contributed by atoms with Crippen LogP contribution in [0, 0.1) is 0 Å². The van der Waals surface area contributed by atoms with Gasteiger partial charge in [-0.1, -0.05) is 22.9 Å². The SMILES string of the molecule is CCCNCc1cc(Br)ccc1OCc1nccn1C. The molecule has 5 heteroatoms. The van der Waals surface area contributed by atoms with Crippen LogP contribution in [0.5, 0.6) is 5.75 Å². The first kappa shape index (κ1) is 15.1. The van der Waals surface area contributed by atoms with E-state index in [1.807, 2.05) is 29.9 Å². The van der Waals surface area contributed by atoms with Gasteiger partial charge in [0.25, 0.3) is 0 Å². The Morgan fingerprint density at radius 3 is 2.95 bits per heavy atom. The van der Waals surface area contributed by atoms with Gasteiger partial charge in [-0.3, -0.25) is 0 Å². The molecular weight excluding hydrogens is 318 g/mol. The lowest BCUT2D eigenvalue weighted by atomic mass is 10.2. The van der Waals surface area contributed by atoms with E-state index in [-0.39, 0.29) is 0 Å². The molecule has 0 fully saturated rings. The fourth-order valence-electron chi connectivity index (χ4n) is 1.90. The third-order valence-electron chi connectivity index (χ3n) is 3.04. The Labute approximate surface area is 128 Å². The van der Waals surface area contributed by atoms with Crippen LogP contribution in [0.15, 0.2) is 35.1 Å². The predicted octanol–water partition coefficient (Wildman–Crippen LogP) is 3.26. The molecule has 20 heavy (non-hydrogen) atoms. The average Bonchev–Trinajstić information content (AvgIpc) is 2.84. The van der Waals surface area contributed by atoms with Crippen molar-refractivity contribution < 1.29 is 4.74 Å². The van der Waals surface area contributed by atoms with E-state index in [4.69, 9.17) is 4.74 Å². The molecule has 1 aromatic heterocycles. The second-order valence-corrected chi connectivity index (χ2v) is 5.59. The minimum atomic E-state index is 0.478. The van der Waals surface area contributed by atoms with Crippen LogP contribution in [-0.2, 0) is 20.2 Å². The smallest absolute Gasteiger partial charge is 0.146 e. The Kier molecular flexibility index (Phi) is 5.61. The summed E-state index contributed by atoms with van der Waals surface area (Å²) < 4.78 is 8.93. The normalized spacial score (nSPS) is 10.8. The second-order valence-electron chi connectivity index (χ2n) is 4.67. The number of nitrogens with zero attached hydrogens (tertiary/aromatic N) is 2. The molecule has 2 rings (SSSR count). The first-order valence-electron chi connectivity index (χ1n) is 6.79. The molecule has 1 aromatic carbocycles. The highest BCUT2D eigenvalue weighted by Gasteiger charge is 2.06. The Balaban J connectivity index is 2.04. The maximum atomic E-state index is 5.90. The number of aryl methyl sites for hydroxylation is 1. The van der Waals surface area contributed by atoms with E-state index in [1.165, 1.54) is 0 Å². The lowest BCUT2D eigenvalue weighted by Crippen LogP contribution is -2.15. The van der Waals surface area contributed by atoms with Crippen molar-refractivity contribution in [2.45, 2.75) is 26.5 Å². The van der Waals surface area contributed by atoms with Gasteiger partial charge in [0.2, 0.25) is 0 Å². The van der Waals surface area contributed by atoms with E-state index in [2.05, 4.69) is 39.2 Å². The number of nitrogens with one attached hydrogen (secondary N) is 1. The van der Waals surface area contributed by atoms with E-state index in [1.54, 1.807) is 6.20 Å². The summed E-state index contributed by atoms with van der Waals surface area (Å²) in [6.07, 6.45) is 4.82. The number of halogens is 1. The molecule has 0 atom stereocenters. The van der Waals surface area contributed by atoms with Gasteiger partial charge < -0.3 is 14.6 Å². The summed E-state index contributed by atoms with van der Waals surface area (Å²) in [5, 5.41) is 3.40. The van der Waals surface area contributed by atoms with Crippen molar-refractivity contribution in [2.75, 3.05) is 6.54 Å². The number of aromatic nitrogens is 2. The molecule has 1 N–H and O–H groups in total. The van der Waals surface area contributed by atoms with Crippen LogP contribution in [-0.4, -0.2) is 16.1 Å². The molecule has 108 valence electrons. The average molecular weight is 338 g/mol. The van der Waals surface area contributed by atoms with Crippen molar-refractivity contribution in [3.63, 3.8) is 0 Å². The Morgan fingerprint density at radius 1 is 1.40 bits per heavy atom. The summed E-state index contributed by atoms with van der Waals surface area (Å²) in [5.41, 5.74) is 1.15. The third kappa shape index (κ3) is 4.08. The molecule has 1 heterocycles. The quantitative estimate of drug-likeness (QED) is 0.788. The van der Waals surface area contributed by atoms with E-state index >= 15 is 0 Å². The van der Waals surface area contributed by atoms with Crippen LogP contribution in [0.25, 0.3) is 0 Å². The van der Waals surface area contributed by atoms with Crippen molar-refractivity contribution >= 4 is 15.9 Å². The number of rotatable bonds is 7. The van der Waals surface area contributed by atoms with E-state index < -0.39 is 0 Å². The van der Waals surface area contributed by atoms with Crippen molar-refractivity contribution in [3.05, 3.63) is 46.5 Å². The zero-order valence-electron chi connectivity index (χ0n) is 11.9. The second kappa shape index (κ2) is 7.45. The van der Waals surface area contributed by atoms with E-state index in [0.29, 0.717) is 6.61 Å². The van der Waals surface area contributed by atoms with Crippen LogP contribution in [0.3, 0.4) is 0 Å². The zero-order chi connectivity index (χ0) is 14.4. The minimum absolute atomic E-state index is 0.478. The maximum absolute atomic E-state index is 5.90. The first-order valence-corrected chi connectivity index (χ1v) is 7.58. The van der Waals surface area contributed by atoms with Gasteiger partial charge in [0.05, 0.1) is 0 Å². The van der Waals surface area contributed by atoms with Gasteiger partial charge in [0.15, 0.2) is 0 Å². The molecule has 0 amide bonds. The highest BCUT2D eigenvalue weighted by Crippen LogP contribution is 2.24. The van der Waals surface area contributed by atoms with Gasteiger partial charge in [-0.25, -0.2) is 4.98 Å². The Morgan fingerprint density at radius 2 is 2.25 bits per heavy atom. The number of imidazole rings is 1. The van der Waals surface area contributed by atoms with E-state index in [9.17, 15) is 0 Å². The first-order chi connectivity index (χ1) is 9.70. The number of hydrogen-bond donors (Lipinski definition) is 1. The number of benzene rings is 1. The molecule has 0 aliphatic carbocycles. The lowest BCUT2D eigenvalue weighted by Gasteiger charge is -2.12. The molecular formula is C15H20BrN3O. The minimum Gasteiger partial charge on any atom is -0.485 e. The topological polar surface area (TPSA) is 39.1 Å². The lowest BCUT2D eigenvalue weighted by molar-refractivity contribution is 0.288. The largest absolute Gasteiger partial charge is 0.485 e. The van der Waals surface area contributed by atoms with E-state index in [0.717, 1.165) is 41.1 Å². The van der Waals surface area contributed by atoms with Gasteiger partial charge in [0, 0.05) is 36.0 Å². The summed E-state index contributed by atoms with van der Waals surface area (Å²) in [4.78, 5) is 4.27. The molecule has 0 unspecified atom stereocenters. The molecule has 0 aliphatic rings. The van der Waals surface area contributed by atoms with Gasteiger partial charge in [0.1, 0.15) is 18.2 Å². The van der Waals surface area contributed by atoms with Crippen molar-refractivity contribution in [3.8, 4) is 5.75 Å². The Bertz CT molecular complexity index is 554. The summed E-state index contributed by atoms with van der Waals surface area (Å²) >= 11 is 3.51. The van der Waals surface area contributed by atoms with Crippen LogP contribution in [0.1, 0.15) is 24.7 Å². The van der Waals surface area contributed by atoms with Crippen molar-refractivity contribution in [1.82, 2.24) is 14.9 Å². The van der Waals surface area contributed by atoms with Crippen LogP contribution >= 0.6 is 15.9 Å². The molecule has 0 saturated heterocycles. The van der Waals surface area contributed by atoms with Crippen LogP contribution in [0.4, 0.5) is 0 Å². The summed E-state index contributed by atoms with van der Waals surface area (Å²) in [6, 6.07) is 6.09. The van der Waals surface area contributed by atoms with Crippen LogP contribution in [0.2, 0.25) is 0 Å². The zero-order valence-corrected chi connectivity index (χ0v) is 13.5. The standard InChI is InChI=1S/C15H20BrN3O/c1-3-6-17-10-12-9-13(16)4-5-14(12)20-11-15-18-7-8-19(15)2/h4-5,7-9,17H,3,6,10-11H2,1-2H3. The highest BCUT2D eigenvalue weighted by atomic mass is 79.9. The molecule has 0 radical (unpaired) electrons. The molecule has 0 saturated carbocycles. The van der Waals surface area contributed by atoms with Gasteiger partial charge in [-0.05, 0) is 31.2 Å². The van der Waals surface area contributed by atoms with Crippen molar-refractivity contribution in [1.29, 1.82) is 0 Å². The summed E-state index contributed by atoms with van der Waals surface area (Å²) in [7, 11) is 1.97. The third-order valence-corrected chi connectivity index (χ3v) is 3.54. The predicted molar refractivity (Wildman–Crippen MR) is 83.7 cm³/mol. The molecule has 2 aromatic rings.